The normalized spacial score (nSPS) is 25.6. The number of hydrogen-bond acceptors (Lipinski definition) is 3. The molecule has 2 unspecified atom stereocenters. The number of aliphatic hydroxyl groups is 1. The molecule has 1 amide bonds. The first-order chi connectivity index (χ1) is 11.5. The van der Waals surface area contributed by atoms with E-state index in [1.54, 1.807) is 4.90 Å². The Bertz CT molecular complexity index is 612. The maximum Gasteiger partial charge on any atom is 0.227 e. The number of carbonyl (C=O) groups excluding carboxylic acids is 1. The van der Waals surface area contributed by atoms with E-state index < -0.39 is 11.6 Å². The molecule has 0 aromatic heterocycles. The van der Waals surface area contributed by atoms with Crippen LogP contribution in [0.5, 0.6) is 0 Å². The summed E-state index contributed by atoms with van der Waals surface area (Å²) in [7, 11) is 0. The summed E-state index contributed by atoms with van der Waals surface area (Å²) in [6.07, 6.45) is 1.53. The van der Waals surface area contributed by atoms with Crippen molar-refractivity contribution in [2.75, 3.05) is 19.7 Å². The lowest BCUT2D eigenvalue weighted by Crippen LogP contribution is -2.62. The summed E-state index contributed by atoms with van der Waals surface area (Å²) >= 11 is 0. The van der Waals surface area contributed by atoms with Gasteiger partial charge in [0, 0.05) is 37.1 Å². The van der Waals surface area contributed by atoms with Crippen molar-refractivity contribution < 1.29 is 23.4 Å². The molecule has 24 heavy (non-hydrogen) atoms. The fourth-order valence-electron chi connectivity index (χ4n) is 3.94. The van der Waals surface area contributed by atoms with E-state index in [0.717, 1.165) is 18.2 Å². The van der Waals surface area contributed by atoms with E-state index in [4.69, 9.17) is 4.74 Å². The number of amides is 1. The van der Waals surface area contributed by atoms with Crippen molar-refractivity contribution in [3.63, 3.8) is 0 Å². The van der Waals surface area contributed by atoms with E-state index in [-0.39, 0.29) is 35.5 Å². The molecule has 1 N–H and O–H groups in total. The van der Waals surface area contributed by atoms with Gasteiger partial charge in [0.1, 0.15) is 11.6 Å². The number of rotatable bonds is 4. The second-order valence-electron chi connectivity index (χ2n) is 6.72. The highest BCUT2D eigenvalue weighted by Crippen LogP contribution is 2.50. The first-order valence-electron chi connectivity index (χ1n) is 8.47. The van der Waals surface area contributed by atoms with Gasteiger partial charge >= 0.3 is 0 Å². The van der Waals surface area contributed by atoms with Crippen LogP contribution in [0.15, 0.2) is 18.2 Å². The average Bonchev–Trinajstić information content (AvgIpc) is 2.58. The molecule has 1 spiro atoms. The Labute approximate surface area is 140 Å². The van der Waals surface area contributed by atoms with Crippen LogP contribution in [0.2, 0.25) is 0 Å². The summed E-state index contributed by atoms with van der Waals surface area (Å²) in [6, 6.07) is 3.15. The van der Waals surface area contributed by atoms with Gasteiger partial charge in [-0.05, 0) is 38.0 Å². The topological polar surface area (TPSA) is 49.8 Å². The van der Waals surface area contributed by atoms with Gasteiger partial charge < -0.3 is 14.7 Å². The number of halogens is 2. The minimum atomic E-state index is -0.566. The van der Waals surface area contributed by atoms with Crippen LogP contribution in [0.25, 0.3) is 0 Å². The Morgan fingerprint density at radius 2 is 2.08 bits per heavy atom. The molecular weight excluding hydrogens is 316 g/mol. The number of hydrogen-bond donors (Lipinski definition) is 1. The zero-order chi connectivity index (χ0) is 17.3. The fraction of sp³-hybridized carbons (Fsp3) is 0.611. The molecule has 4 nitrogen and oxygen atoms in total. The van der Waals surface area contributed by atoms with E-state index in [0.29, 0.717) is 39.0 Å². The van der Waals surface area contributed by atoms with Crippen LogP contribution in [0.3, 0.4) is 0 Å². The first kappa shape index (κ1) is 17.3. The molecular formula is C18H23F2NO3. The highest BCUT2D eigenvalue weighted by Gasteiger charge is 2.56. The van der Waals surface area contributed by atoms with E-state index in [2.05, 4.69) is 0 Å². The minimum Gasteiger partial charge on any atom is -0.392 e. The van der Waals surface area contributed by atoms with Crippen molar-refractivity contribution in [2.45, 2.75) is 44.8 Å². The molecule has 1 saturated carbocycles. The van der Waals surface area contributed by atoms with Gasteiger partial charge in [0.2, 0.25) is 5.91 Å². The predicted octanol–water partition coefficient (Wildman–Crippen LogP) is 2.29. The third kappa shape index (κ3) is 3.05. The maximum absolute atomic E-state index is 13.7. The fourth-order valence-corrected chi connectivity index (χ4v) is 3.94. The predicted molar refractivity (Wildman–Crippen MR) is 84.3 cm³/mol. The zero-order valence-electron chi connectivity index (χ0n) is 13.8. The second kappa shape index (κ2) is 6.76. The van der Waals surface area contributed by atoms with E-state index >= 15 is 0 Å². The molecule has 132 valence electrons. The molecule has 1 heterocycles. The molecule has 3 rings (SSSR count). The van der Waals surface area contributed by atoms with Gasteiger partial charge in [-0.15, -0.1) is 0 Å². The molecule has 2 aliphatic rings. The summed E-state index contributed by atoms with van der Waals surface area (Å²) in [5.74, 6) is -1.32. The van der Waals surface area contributed by atoms with Crippen LogP contribution in [-0.2, 0) is 16.0 Å². The number of likely N-dealkylation sites (tertiary alicyclic amines) is 1. The van der Waals surface area contributed by atoms with E-state index in [1.165, 1.54) is 0 Å². The summed E-state index contributed by atoms with van der Waals surface area (Å²) in [5.41, 5.74) is -0.173. The number of piperidine rings is 1. The number of carbonyl (C=O) groups is 1. The molecule has 1 aliphatic heterocycles. The highest BCUT2D eigenvalue weighted by atomic mass is 19.1. The number of aliphatic hydroxyl groups excluding tert-OH is 1. The van der Waals surface area contributed by atoms with Crippen molar-refractivity contribution in [3.8, 4) is 0 Å². The van der Waals surface area contributed by atoms with Crippen molar-refractivity contribution in [1.82, 2.24) is 4.90 Å². The van der Waals surface area contributed by atoms with Crippen molar-refractivity contribution in [2.24, 2.45) is 5.41 Å². The number of nitrogens with zero attached hydrogens (tertiary/aromatic N) is 1. The SMILES string of the molecule is CCOC1CC(O)C12CCN(C(=O)Cc1cc(F)ccc1F)CC2. The molecule has 2 fully saturated rings. The first-order valence-corrected chi connectivity index (χ1v) is 8.47. The number of benzene rings is 1. The lowest BCUT2D eigenvalue weighted by molar-refractivity contribution is -0.210. The van der Waals surface area contributed by atoms with Crippen LogP contribution < -0.4 is 0 Å². The molecule has 1 aliphatic carbocycles. The summed E-state index contributed by atoms with van der Waals surface area (Å²) in [6.45, 7) is 3.57. The zero-order valence-corrected chi connectivity index (χ0v) is 13.8. The third-order valence-electron chi connectivity index (χ3n) is 5.51. The smallest absolute Gasteiger partial charge is 0.227 e. The average molecular weight is 339 g/mol. The van der Waals surface area contributed by atoms with Crippen molar-refractivity contribution in [1.29, 1.82) is 0 Å². The van der Waals surface area contributed by atoms with Crippen LogP contribution >= 0.6 is 0 Å². The molecule has 1 saturated heterocycles. The summed E-state index contributed by atoms with van der Waals surface area (Å²) < 4.78 is 32.6. The molecule has 6 heteroatoms. The van der Waals surface area contributed by atoms with Crippen molar-refractivity contribution in [3.05, 3.63) is 35.4 Å². The standard InChI is InChI=1S/C18H23F2NO3/c1-2-24-16-11-15(22)18(16)5-7-21(8-6-18)17(23)10-12-9-13(19)3-4-14(12)20/h3-4,9,15-16,22H,2,5-8,10-11H2,1H3. The Balaban J connectivity index is 1.60. The largest absolute Gasteiger partial charge is 0.392 e. The van der Waals surface area contributed by atoms with E-state index in [9.17, 15) is 18.7 Å². The molecule has 0 bridgehead atoms. The Hall–Kier alpha value is -1.53. The Morgan fingerprint density at radius 3 is 2.71 bits per heavy atom. The second-order valence-corrected chi connectivity index (χ2v) is 6.72. The van der Waals surface area contributed by atoms with Crippen LogP contribution in [0.1, 0.15) is 31.7 Å². The monoisotopic (exact) mass is 339 g/mol. The van der Waals surface area contributed by atoms with Gasteiger partial charge in [0.25, 0.3) is 0 Å². The van der Waals surface area contributed by atoms with Crippen LogP contribution in [0.4, 0.5) is 8.78 Å². The quantitative estimate of drug-likeness (QED) is 0.916. The Kier molecular flexibility index (Phi) is 4.88. The third-order valence-corrected chi connectivity index (χ3v) is 5.51. The summed E-state index contributed by atoms with van der Waals surface area (Å²) in [4.78, 5) is 14.1. The highest BCUT2D eigenvalue weighted by molar-refractivity contribution is 5.79. The molecule has 1 aromatic carbocycles. The van der Waals surface area contributed by atoms with Crippen LogP contribution in [-0.4, -0.2) is 47.8 Å². The summed E-state index contributed by atoms with van der Waals surface area (Å²) in [5, 5.41) is 10.2. The van der Waals surface area contributed by atoms with E-state index in [1.807, 2.05) is 6.92 Å². The van der Waals surface area contributed by atoms with Crippen molar-refractivity contribution >= 4 is 5.91 Å². The molecule has 0 radical (unpaired) electrons. The maximum atomic E-state index is 13.7. The van der Waals surface area contributed by atoms with Gasteiger partial charge in [-0.1, -0.05) is 0 Å². The van der Waals surface area contributed by atoms with Gasteiger partial charge in [-0.3, -0.25) is 4.79 Å². The van der Waals surface area contributed by atoms with Gasteiger partial charge in [0.15, 0.2) is 0 Å². The van der Waals surface area contributed by atoms with Crippen LogP contribution in [0, 0.1) is 17.0 Å². The van der Waals surface area contributed by atoms with Gasteiger partial charge in [-0.2, -0.15) is 0 Å². The number of ether oxygens (including phenoxy) is 1. The lowest BCUT2D eigenvalue weighted by Gasteiger charge is -2.56. The molecule has 2 atom stereocenters. The minimum absolute atomic E-state index is 0.0513. The van der Waals surface area contributed by atoms with Gasteiger partial charge in [-0.25, -0.2) is 8.78 Å². The Morgan fingerprint density at radius 1 is 1.38 bits per heavy atom. The van der Waals surface area contributed by atoms with Gasteiger partial charge in [0.05, 0.1) is 18.6 Å². The lowest BCUT2D eigenvalue weighted by atomic mass is 9.58. The molecule has 1 aromatic rings.